The molecule has 0 radical (unpaired) electrons. The summed E-state index contributed by atoms with van der Waals surface area (Å²) in [7, 11) is 2.07. The van der Waals surface area contributed by atoms with Crippen LogP contribution in [-0.2, 0) is 13.5 Å². The lowest BCUT2D eigenvalue weighted by Gasteiger charge is -2.21. The fourth-order valence-electron chi connectivity index (χ4n) is 3.33. The van der Waals surface area contributed by atoms with Crippen molar-refractivity contribution in [2.24, 2.45) is 7.05 Å². The maximum atomic E-state index is 4.36. The van der Waals surface area contributed by atoms with Crippen LogP contribution < -0.4 is 5.32 Å². The minimum Gasteiger partial charge on any atom is -0.338 e. The predicted molar refractivity (Wildman–Crippen MR) is 67.9 cm³/mol. The molecule has 2 atom stereocenters. The van der Waals surface area contributed by atoms with Crippen molar-refractivity contribution in [1.82, 2.24) is 19.8 Å². The molecule has 2 fully saturated rings. The standard InChI is InChI=1S/C13H22N4/c1-16-10-7-15-13(16)4-6-14-11-5-9-17-8-2-3-12(11)17/h7,10-12,14H,2-6,8-9H2,1H3. The molecule has 2 saturated heterocycles. The van der Waals surface area contributed by atoms with E-state index in [1.165, 1.54) is 38.2 Å². The van der Waals surface area contributed by atoms with Crippen LogP contribution in [0.3, 0.4) is 0 Å². The van der Waals surface area contributed by atoms with E-state index >= 15 is 0 Å². The van der Waals surface area contributed by atoms with Gasteiger partial charge in [-0.3, -0.25) is 4.90 Å². The summed E-state index contributed by atoms with van der Waals surface area (Å²) in [6, 6.07) is 1.54. The topological polar surface area (TPSA) is 33.1 Å². The molecule has 3 rings (SSSR count). The molecule has 1 N–H and O–H groups in total. The number of aromatic nitrogens is 2. The third kappa shape index (κ3) is 2.24. The van der Waals surface area contributed by atoms with E-state index in [1.807, 2.05) is 12.4 Å². The average molecular weight is 234 g/mol. The molecule has 94 valence electrons. The van der Waals surface area contributed by atoms with Crippen molar-refractivity contribution in [3.63, 3.8) is 0 Å². The predicted octanol–water partition coefficient (Wildman–Crippen LogP) is 0.789. The number of hydrogen-bond donors (Lipinski definition) is 1. The van der Waals surface area contributed by atoms with Gasteiger partial charge in [0.1, 0.15) is 5.82 Å². The molecule has 0 spiro atoms. The first-order chi connectivity index (χ1) is 8.34. The summed E-state index contributed by atoms with van der Waals surface area (Å²) in [5.74, 6) is 1.18. The van der Waals surface area contributed by atoms with Crippen LogP contribution in [0.1, 0.15) is 25.1 Å². The summed E-state index contributed by atoms with van der Waals surface area (Å²) in [5.41, 5.74) is 0. The molecule has 2 aliphatic rings. The van der Waals surface area contributed by atoms with E-state index in [-0.39, 0.29) is 0 Å². The van der Waals surface area contributed by atoms with E-state index in [2.05, 4.69) is 26.8 Å². The zero-order chi connectivity index (χ0) is 11.7. The van der Waals surface area contributed by atoms with E-state index in [1.54, 1.807) is 0 Å². The van der Waals surface area contributed by atoms with Crippen molar-refractivity contribution in [2.75, 3.05) is 19.6 Å². The van der Waals surface area contributed by atoms with E-state index in [0.29, 0.717) is 0 Å². The Morgan fingerprint density at radius 2 is 2.35 bits per heavy atom. The second-order valence-electron chi connectivity index (χ2n) is 5.30. The van der Waals surface area contributed by atoms with Gasteiger partial charge in [0, 0.05) is 51.0 Å². The second kappa shape index (κ2) is 4.78. The quantitative estimate of drug-likeness (QED) is 0.836. The molecule has 3 heterocycles. The lowest BCUT2D eigenvalue weighted by molar-refractivity contribution is 0.299. The highest BCUT2D eigenvalue weighted by Gasteiger charge is 2.36. The SMILES string of the molecule is Cn1ccnc1CCNC1CCN2CCCC12. The number of nitrogens with zero attached hydrogens (tertiary/aromatic N) is 3. The van der Waals surface area contributed by atoms with Crippen molar-refractivity contribution in [2.45, 2.75) is 37.8 Å². The summed E-state index contributed by atoms with van der Waals surface area (Å²) in [6.07, 6.45) is 9.04. The normalized spacial score (nSPS) is 28.8. The smallest absolute Gasteiger partial charge is 0.109 e. The van der Waals surface area contributed by atoms with Crippen molar-refractivity contribution < 1.29 is 0 Å². The van der Waals surface area contributed by atoms with Crippen LogP contribution in [0.5, 0.6) is 0 Å². The van der Waals surface area contributed by atoms with Crippen molar-refractivity contribution >= 4 is 0 Å². The van der Waals surface area contributed by atoms with Gasteiger partial charge >= 0.3 is 0 Å². The third-order valence-corrected chi connectivity index (χ3v) is 4.28. The van der Waals surface area contributed by atoms with Crippen LogP contribution >= 0.6 is 0 Å². The first kappa shape index (κ1) is 11.2. The Morgan fingerprint density at radius 3 is 3.18 bits per heavy atom. The van der Waals surface area contributed by atoms with Gasteiger partial charge in [0.05, 0.1) is 0 Å². The molecule has 0 amide bonds. The van der Waals surface area contributed by atoms with Crippen molar-refractivity contribution in [3.8, 4) is 0 Å². The van der Waals surface area contributed by atoms with E-state index < -0.39 is 0 Å². The minimum absolute atomic E-state index is 0.720. The Balaban J connectivity index is 1.47. The number of imidazole rings is 1. The molecule has 1 aromatic heterocycles. The molecule has 4 heteroatoms. The van der Waals surface area contributed by atoms with Gasteiger partial charge in [-0.25, -0.2) is 4.98 Å². The zero-order valence-corrected chi connectivity index (χ0v) is 10.6. The van der Waals surface area contributed by atoms with E-state index in [0.717, 1.165) is 25.0 Å². The maximum Gasteiger partial charge on any atom is 0.109 e. The number of rotatable bonds is 4. The highest BCUT2D eigenvalue weighted by molar-refractivity contribution is 4.97. The van der Waals surface area contributed by atoms with Gasteiger partial charge in [-0.05, 0) is 25.8 Å². The molecule has 0 aromatic carbocycles. The fraction of sp³-hybridized carbons (Fsp3) is 0.769. The van der Waals surface area contributed by atoms with Crippen LogP contribution in [-0.4, -0.2) is 46.2 Å². The Labute approximate surface area is 103 Å². The molecule has 0 saturated carbocycles. The molecule has 4 nitrogen and oxygen atoms in total. The molecule has 0 bridgehead atoms. The monoisotopic (exact) mass is 234 g/mol. The molecule has 0 aliphatic carbocycles. The van der Waals surface area contributed by atoms with Gasteiger partial charge in [0.25, 0.3) is 0 Å². The number of nitrogens with one attached hydrogen (secondary N) is 1. The fourth-order valence-corrected chi connectivity index (χ4v) is 3.33. The number of fused-ring (bicyclic) bond motifs is 1. The summed E-state index contributed by atoms with van der Waals surface area (Å²) in [6.45, 7) is 3.67. The first-order valence-electron chi connectivity index (χ1n) is 6.78. The second-order valence-corrected chi connectivity index (χ2v) is 5.30. The maximum absolute atomic E-state index is 4.36. The largest absolute Gasteiger partial charge is 0.338 e. The highest BCUT2D eigenvalue weighted by Crippen LogP contribution is 2.27. The van der Waals surface area contributed by atoms with Gasteiger partial charge < -0.3 is 9.88 Å². The summed E-state index contributed by atoms with van der Waals surface area (Å²) in [5, 5.41) is 3.72. The molecular formula is C13H22N4. The lowest BCUT2D eigenvalue weighted by atomic mass is 10.1. The summed E-state index contributed by atoms with van der Waals surface area (Å²) < 4.78 is 2.11. The average Bonchev–Trinajstić information content (AvgIpc) is 2.98. The van der Waals surface area contributed by atoms with Crippen molar-refractivity contribution in [3.05, 3.63) is 18.2 Å². The highest BCUT2D eigenvalue weighted by atomic mass is 15.2. The van der Waals surface area contributed by atoms with Gasteiger partial charge in [-0.15, -0.1) is 0 Å². The van der Waals surface area contributed by atoms with Crippen LogP contribution in [0.25, 0.3) is 0 Å². The third-order valence-electron chi connectivity index (χ3n) is 4.28. The van der Waals surface area contributed by atoms with Gasteiger partial charge in [0.2, 0.25) is 0 Å². The molecular weight excluding hydrogens is 212 g/mol. The molecule has 2 aliphatic heterocycles. The van der Waals surface area contributed by atoms with Gasteiger partial charge in [0.15, 0.2) is 0 Å². The van der Waals surface area contributed by atoms with E-state index in [4.69, 9.17) is 0 Å². The van der Waals surface area contributed by atoms with Gasteiger partial charge in [-0.2, -0.15) is 0 Å². The zero-order valence-electron chi connectivity index (χ0n) is 10.6. The van der Waals surface area contributed by atoms with Gasteiger partial charge in [-0.1, -0.05) is 0 Å². The number of hydrogen-bond acceptors (Lipinski definition) is 3. The Hall–Kier alpha value is -0.870. The van der Waals surface area contributed by atoms with Crippen LogP contribution in [0.2, 0.25) is 0 Å². The Bertz CT molecular complexity index is 373. The van der Waals surface area contributed by atoms with Crippen LogP contribution in [0.4, 0.5) is 0 Å². The minimum atomic E-state index is 0.720. The summed E-state index contributed by atoms with van der Waals surface area (Å²) >= 11 is 0. The lowest BCUT2D eigenvalue weighted by Crippen LogP contribution is -2.40. The molecule has 1 aromatic rings. The first-order valence-corrected chi connectivity index (χ1v) is 6.78. The molecule has 17 heavy (non-hydrogen) atoms. The number of aryl methyl sites for hydroxylation is 1. The summed E-state index contributed by atoms with van der Waals surface area (Å²) in [4.78, 5) is 7.01. The molecule has 2 unspecified atom stereocenters. The van der Waals surface area contributed by atoms with Crippen LogP contribution in [0.15, 0.2) is 12.4 Å². The Kier molecular flexibility index (Phi) is 3.16. The Morgan fingerprint density at radius 1 is 1.41 bits per heavy atom. The van der Waals surface area contributed by atoms with E-state index in [9.17, 15) is 0 Å². The van der Waals surface area contributed by atoms with Crippen molar-refractivity contribution in [1.29, 1.82) is 0 Å². The van der Waals surface area contributed by atoms with Crippen LogP contribution in [0, 0.1) is 0 Å².